The van der Waals surface area contributed by atoms with Crippen molar-refractivity contribution in [2.45, 2.75) is 78.2 Å². The molecule has 0 bridgehead atoms. The molecule has 43 heavy (non-hydrogen) atoms. The minimum absolute atomic E-state index is 0.0503. The van der Waals surface area contributed by atoms with Crippen molar-refractivity contribution < 1.29 is 28.7 Å². The van der Waals surface area contributed by atoms with E-state index in [1.54, 1.807) is 77.5 Å². The molecule has 1 aliphatic heterocycles. The van der Waals surface area contributed by atoms with Gasteiger partial charge < -0.3 is 20.1 Å². The number of aryl methyl sites for hydroxylation is 1. The summed E-state index contributed by atoms with van der Waals surface area (Å²) in [7, 11) is 1.78. The number of aromatic nitrogens is 3. The molecule has 228 valence electrons. The number of esters is 1. The van der Waals surface area contributed by atoms with Crippen molar-refractivity contribution in [3.8, 4) is 22.5 Å². The normalized spacial score (nSPS) is 13.8. The Morgan fingerprint density at radius 1 is 0.977 bits per heavy atom. The number of anilines is 1. The lowest BCUT2D eigenvalue weighted by atomic mass is 10.0. The zero-order valence-corrected chi connectivity index (χ0v) is 25.6. The number of hydrogen-bond acceptors (Lipinski definition) is 8. The first kappa shape index (κ1) is 31.2. The van der Waals surface area contributed by atoms with Crippen molar-refractivity contribution in [1.29, 1.82) is 0 Å². The van der Waals surface area contributed by atoms with Crippen molar-refractivity contribution in [2.24, 2.45) is 12.8 Å². The van der Waals surface area contributed by atoms with E-state index < -0.39 is 35.2 Å². The summed E-state index contributed by atoms with van der Waals surface area (Å²) >= 11 is 0. The molecule has 0 radical (unpaired) electrons. The largest absolute Gasteiger partial charge is 0.460 e. The van der Waals surface area contributed by atoms with Crippen LogP contribution in [0.1, 0.15) is 70.3 Å². The molecule has 2 aromatic carbocycles. The van der Waals surface area contributed by atoms with Gasteiger partial charge in [0.25, 0.3) is 5.91 Å². The number of hydrogen-bond donors (Lipinski definition) is 2. The third-order valence-corrected chi connectivity index (χ3v) is 6.59. The second-order valence-corrected chi connectivity index (χ2v) is 12.5. The van der Waals surface area contributed by atoms with Gasteiger partial charge in [0.05, 0.1) is 5.69 Å². The third-order valence-electron chi connectivity index (χ3n) is 6.59. The van der Waals surface area contributed by atoms with Gasteiger partial charge in [0.1, 0.15) is 22.9 Å². The fourth-order valence-corrected chi connectivity index (χ4v) is 4.85. The third kappa shape index (κ3) is 7.56. The van der Waals surface area contributed by atoms with Crippen LogP contribution in [0.3, 0.4) is 0 Å². The number of fused-ring (bicyclic) bond motifs is 1. The topological polar surface area (TPSA) is 159 Å². The van der Waals surface area contributed by atoms with E-state index >= 15 is 0 Å². The number of rotatable bonds is 8. The molecule has 3 amide bonds. The Morgan fingerprint density at radius 2 is 1.60 bits per heavy atom. The summed E-state index contributed by atoms with van der Waals surface area (Å²) in [5.41, 5.74) is 9.00. The molecule has 0 spiro atoms. The van der Waals surface area contributed by atoms with Crippen LogP contribution >= 0.6 is 0 Å². The number of primary amides is 1. The highest BCUT2D eigenvalue weighted by atomic mass is 16.6. The smallest absolute Gasteiger partial charge is 0.412 e. The highest BCUT2D eigenvalue weighted by molar-refractivity contribution is 6.01. The average molecular weight is 591 g/mol. The van der Waals surface area contributed by atoms with Crippen LogP contribution in [0.25, 0.3) is 22.5 Å². The van der Waals surface area contributed by atoms with E-state index in [1.165, 1.54) is 4.90 Å². The van der Waals surface area contributed by atoms with E-state index in [0.29, 0.717) is 22.5 Å². The maximum absolute atomic E-state index is 13.3. The van der Waals surface area contributed by atoms with Crippen LogP contribution in [0.5, 0.6) is 0 Å². The SMILES string of the molecule is Cn1nnc(-c2ccc3c(c2)CN(C(CCC(=O)OC(C)(C)C)C(N)=O)C3=O)c1-c1ccc(NC(=O)OC(C)(C)C)cc1. The monoisotopic (exact) mass is 590 g/mol. The zero-order valence-electron chi connectivity index (χ0n) is 25.6. The predicted octanol–water partition coefficient (Wildman–Crippen LogP) is 4.43. The number of nitrogens with zero attached hydrogens (tertiary/aromatic N) is 4. The van der Waals surface area contributed by atoms with E-state index in [2.05, 4.69) is 15.6 Å². The lowest BCUT2D eigenvalue weighted by Crippen LogP contribution is -2.45. The Balaban J connectivity index is 1.53. The summed E-state index contributed by atoms with van der Waals surface area (Å²) < 4.78 is 12.3. The number of carbonyl (C=O) groups is 4. The standard InChI is InChI=1S/C31H38N6O6/c1-30(2,3)42-24(38)15-14-23(27(32)39)37-17-20-16-19(10-13-22(20)28(37)40)25-26(36(7)35-34-25)18-8-11-21(12-9-18)33-29(41)43-31(4,5)6/h8-13,16,23H,14-15,17H2,1-7H3,(H2,32,39)(H,33,41). The Bertz CT molecular complexity index is 1550. The maximum Gasteiger partial charge on any atom is 0.412 e. The lowest BCUT2D eigenvalue weighted by molar-refractivity contribution is -0.155. The van der Waals surface area contributed by atoms with Crippen LogP contribution in [0.4, 0.5) is 10.5 Å². The highest BCUT2D eigenvalue weighted by Gasteiger charge is 2.36. The minimum Gasteiger partial charge on any atom is -0.460 e. The molecular formula is C31H38N6O6. The summed E-state index contributed by atoms with van der Waals surface area (Å²) in [6.45, 7) is 10.8. The average Bonchev–Trinajstić information content (AvgIpc) is 3.41. The Labute approximate surface area is 250 Å². The maximum atomic E-state index is 13.3. The Morgan fingerprint density at radius 3 is 2.21 bits per heavy atom. The van der Waals surface area contributed by atoms with Gasteiger partial charge >= 0.3 is 12.1 Å². The first-order valence-corrected chi connectivity index (χ1v) is 14.0. The van der Waals surface area contributed by atoms with Crippen LogP contribution in [0, 0.1) is 0 Å². The van der Waals surface area contributed by atoms with Gasteiger partial charge in [-0.15, -0.1) is 5.10 Å². The molecule has 4 rings (SSSR count). The van der Waals surface area contributed by atoms with Gasteiger partial charge in [0.15, 0.2) is 0 Å². The molecular weight excluding hydrogens is 552 g/mol. The second kappa shape index (κ2) is 11.9. The van der Waals surface area contributed by atoms with E-state index in [1.807, 2.05) is 18.2 Å². The molecule has 0 saturated carbocycles. The number of amides is 3. The molecule has 0 saturated heterocycles. The fourth-order valence-electron chi connectivity index (χ4n) is 4.85. The molecule has 1 unspecified atom stereocenters. The van der Waals surface area contributed by atoms with Crippen molar-refractivity contribution in [3.63, 3.8) is 0 Å². The fraction of sp³-hybridized carbons (Fsp3) is 0.419. The van der Waals surface area contributed by atoms with Crippen LogP contribution < -0.4 is 11.1 Å². The van der Waals surface area contributed by atoms with Gasteiger partial charge in [-0.25, -0.2) is 9.48 Å². The summed E-state index contributed by atoms with van der Waals surface area (Å²) in [5, 5.41) is 11.3. The molecule has 1 aromatic heterocycles. The van der Waals surface area contributed by atoms with E-state index in [0.717, 1.165) is 16.8 Å². The van der Waals surface area contributed by atoms with Crippen LogP contribution in [-0.4, -0.2) is 61.0 Å². The molecule has 12 heteroatoms. The Kier molecular flexibility index (Phi) is 8.61. The summed E-state index contributed by atoms with van der Waals surface area (Å²) in [4.78, 5) is 51.4. The molecule has 2 heterocycles. The van der Waals surface area contributed by atoms with Gasteiger partial charge in [-0.3, -0.25) is 19.7 Å². The highest BCUT2D eigenvalue weighted by Crippen LogP contribution is 2.34. The molecule has 0 aliphatic carbocycles. The quantitative estimate of drug-likeness (QED) is 0.365. The van der Waals surface area contributed by atoms with E-state index in [9.17, 15) is 19.2 Å². The molecule has 12 nitrogen and oxygen atoms in total. The Hall–Kier alpha value is -4.74. The number of carbonyl (C=O) groups excluding carboxylic acids is 4. The predicted molar refractivity (Wildman–Crippen MR) is 160 cm³/mol. The van der Waals surface area contributed by atoms with Gasteiger partial charge in [0, 0.05) is 42.4 Å². The lowest BCUT2D eigenvalue weighted by Gasteiger charge is -2.25. The van der Waals surface area contributed by atoms with Crippen LogP contribution in [-0.2, 0) is 32.7 Å². The van der Waals surface area contributed by atoms with Crippen LogP contribution in [0.15, 0.2) is 42.5 Å². The molecule has 3 N–H and O–H groups in total. The van der Waals surface area contributed by atoms with Gasteiger partial charge in [0.2, 0.25) is 5.91 Å². The van der Waals surface area contributed by atoms with Crippen molar-refractivity contribution >= 4 is 29.6 Å². The minimum atomic E-state index is -0.962. The van der Waals surface area contributed by atoms with Crippen molar-refractivity contribution in [3.05, 3.63) is 53.6 Å². The second-order valence-electron chi connectivity index (χ2n) is 12.5. The van der Waals surface area contributed by atoms with Gasteiger partial charge in [-0.2, -0.15) is 0 Å². The first-order chi connectivity index (χ1) is 20.0. The van der Waals surface area contributed by atoms with Crippen LogP contribution in [0.2, 0.25) is 0 Å². The summed E-state index contributed by atoms with van der Waals surface area (Å²) in [6.07, 6.45) is -0.539. The zero-order chi connectivity index (χ0) is 31.7. The van der Waals surface area contributed by atoms with Crippen molar-refractivity contribution in [2.75, 3.05) is 5.32 Å². The van der Waals surface area contributed by atoms with Crippen molar-refractivity contribution in [1.82, 2.24) is 19.9 Å². The number of benzene rings is 2. The number of nitrogens with one attached hydrogen (secondary N) is 1. The van der Waals surface area contributed by atoms with E-state index in [4.69, 9.17) is 15.2 Å². The summed E-state index contributed by atoms with van der Waals surface area (Å²) in [6, 6.07) is 11.6. The van der Waals surface area contributed by atoms with E-state index in [-0.39, 0.29) is 25.3 Å². The molecule has 0 fully saturated rings. The number of ether oxygens (including phenoxy) is 2. The molecule has 1 aliphatic rings. The summed E-state index contributed by atoms with van der Waals surface area (Å²) in [5.74, 6) is -1.48. The first-order valence-electron chi connectivity index (χ1n) is 14.0. The number of nitrogens with two attached hydrogens (primary N) is 1. The molecule has 3 aromatic rings. The molecule has 1 atom stereocenters. The van der Waals surface area contributed by atoms with Gasteiger partial charge in [-0.05, 0) is 77.8 Å². The van der Waals surface area contributed by atoms with Gasteiger partial charge in [-0.1, -0.05) is 23.4 Å².